The monoisotopic (exact) mass is 289 g/mol. The lowest BCUT2D eigenvalue weighted by molar-refractivity contribution is 0.100. The van der Waals surface area contributed by atoms with E-state index in [1.165, 1.54) is 12.1 Å². The van der Waals surface area contributed by atoms with Crippen LogP contribution in [0.1, 0.15) is 24.5 Å². The molecule has 1 saturated heterocycles. The fourth-order valence-electron chi connectivity index (χ4n) is 3.01. The normalized spacial score (nSPS) is 20.8. The molecule has 2 atom stereocenters. The van der Waals surface area contributed by atoms with Crippen molar-refractivity contribution in [3.63, 3.8) is 0 Å². The summed E-state index contributed by atoms with van der Waals surface area (Å²) in [5, 5.41) is 14.6. The molecule has 112 valence electrons. The summed E-state index contributed by atoms with van der Waals surface area (Å²) in [4.78, 5) is 2.28. The van der Waals surface area contributed by atoms with Gasteiger partial charge in [0.15, 0.2) is 0 Å². The molecule has 0 spiro atoms. The third kappa shape index (κ3) is 3.49. The molecule has 4 nitrogen and oxygen atoms in total. The molecule has 1 aliphatic heterocycles. The lowest BCUT2D eigenvalue weighted by atomic mass is 10.1. The molecule has 1 aliphatic rings. The van der Waals surface area contributed by atoms with Gasteiger partial charge >= 0.3 is 0 Å². The summed E-state index contributed by atoms with van der Waals surface area (Å²) < 4.78 is 15.2. The summed E-state index contributed by atoms with van der Waals surface area (Å²) in [5.41, 5.74) is 0.639. The van der Waals surface area contributed by atoms with E-state index in [1.807, 2.05) is 16.9 Å². The van der Waals surface area contributed by atoms with Gasteiger partial charge in [0.25, 0.3) is 0 Å². The number of hydrogen-bond donors (Lipinski definition) is 1. The van der Waals surface area contributed by atoms with Crippen molar-refractivity contribution < 1.29 is 9.50 Å². The van der Waals surface area contributed by atoms with Gasteiger partial charge in [0, 0.05) is 25.0 Å². The number of likely N-dealkylation sites (tertiary alicyclic amines) is 1. The van der Waals surface area contributed by atoms with E-state index in [0.717, 1.165) is 25.9 Å². The van der Waals surface area contributed by atoms with Gasteiger partial charge in [-0.15, -0.1) is 0 Å². The molecular weight excluding hydrogens is 269 g/mol. The maximum atomic E-state index is 13.2. The van der Waals surface area contributed by atoms with Crippen LogP contribution >= 0.6 is 0 Å². The highest BCUT2D eigenvalue weighted by Gasteiger charge is 2.27. The number of aliphatic hydroxyl groups excluding tert-OH is 1. The first-order chi connectivity index (χ1) is 10.2. The van der Waals surface area contributed by atoms with Crippen LogP contribution in [0.2, 0.25) is 0 Å². The highest BCUT2D eigenvalue weighted by molar-refractivity contribution is 5.19. The van der Waals surface area contributed by atoms with E-state index in [4.69, 9.17) is 0 Å². The highest BCUT2D eigenvalue weighted by atomic mass is 19.1. The first-order valence-electron chi connectivity index (χ1n) is 7.37. The third-order valence-electron chi connectivity index (χ3n) is 4.10. The van der Waals surface area contributed by atoms with Crippen molar-refractivity contribution >= 4 is 0 Å². The van der Waals surface area contributed by atoms with Crippen molar-refractivity contribution in [1.82, 2.24) is 14.7 Å². The minimum Gasteiger partial charge on any atom is -0.387 e. The fourth-order valence-corrected chi connectivity index (χ4v) is 3.01. The molecule has 2 heterocycles. The van der Waals surface area contributed by atoms with Gasteiger partial charge in [-0.3, -0.25) is 9.58 Å². The largest absolute Gasteiger partial charge is 0.387 e. The number of hydrogen-bond acceptors (Lipinski definition) is 3. The maximum absolute atomic E-state index is 13.2. The molecule has 0 aliphatic carbocycles. The zero-order valence-corrected chi connectivity index (χ0v) is 11.9. The summed E-state index contributed by atoms with van der Waals surface area (Å²) in [6.45, 7) is 2.34. The molecule has 0 amide bonds. The van der Waals surface area contributed by atoms with Gasteiger partial charge in [-0.05, 0) is 43.1 Å². The Morgan fingerprint density at radius 3 is 3.05 bits per heavy atom. The van der Waals surface area contributed by atoms with Gasteiger partial charge in [0.1, 0.15) is 5.82 Å². The van der Waals surface area contributed by atoms with Crippen LogP contribution in [0.4, 0.5) is 4.39 Å². The van der Waals surface area contributed by atoms with E-state index >= 15 is 0 Å². The van der Waals surface area contributed by atoms with Crippen LogP contribution < -0.4 is 0 Å². The SMILES string of the molecule is O[C@@H](CN1CCC[C@@H]1Cn1cccn1)c1cccc(F)c1. The van der Waals surface area contributed by atoms with Crippen LogP contribution in [0.3, 0.4) is 0 Å². The number of aromatic nitrogens is 2. The molecule has 1 aromatic heterocycles. The minimum absolute atomic E-state index is 0.305. The van der Waals surface area contributed by atoms with Crippen LogP contribution in [-0.4, -0.2) is 38.9 Å². The number of nitrogens with zero attached hydrogens (tertiary/aromatic N) is 3. The topological polar surface area (TPSA) is 41.3 Å². The molecule has 5 heteroatoms. The van der Waals surface area contributed by atoms with Gasteiger partial charge in [0.2, 0.25) is 0 Å². The Labute approximate surface area is 123 Å². The van der Waals surface area contributed by atoms with Crippen molar-refractivity contribution in [3.05, 3.63) is 54.1 Å². The summed E-state index contributed by atoms with van der Waals surface area (Å²) in [6.07, 6.45) is 5.32. The second kappa shape index (κ2) is 6.37. The van der Waals surface area contributed by atoms with E-state index in [-0.39, 0.29) is 5.82 Å². The first-order valence-corrected chi connectivity index (χ1v) is 7.37. The minimum atomic E-state index is -0.654. The lowest BCUT2D eigenvalue weighted by Crippen LogP contribution is -2.36. The molecule has 1 aromatic carbocycles. The molecule has 1 fully saturated rings. The average molecular weight is 289 g/mol. The van der Waals surface area contributed by atoms with Crippen LogP contribution in [0.15, 0.2) is 42.7 Å². The average Bonchev–Trinajstić information content (AvgIpc) is 3.12. The zero-order chi connectivity index (χ0) is 14.7. The molecule has 0 radical (unpaired) electrons. The lowest BCUT2D eigenvalue weighted by Gasteiger charge is -2.27. The molecule has 0 bridgehead atoms. The number of benzene rings is 1. The predicted molar refractivity (Wildman–Crippen MR) is 78.2 cm³/mol. The van der Waals surface area contributed by atoms with Crippen molar-refractivity contribution in [2.45, 2.75) is 31.5 Å². The molecule has 21 heavy (non-hydrogen) atoms. The van der Waals surface area contributed by atoms with Gasteiger partial charge < -0.3 is 5.11 Å². The van der Waals surface area contributed by atoms with Crippen LogP contribution in [0.5, 0.6) is 0 Å². The molecule has 2 aromatic rings. The van der Waals surface area contributed by atoms with E-state index in [2.05, 4.69) is 10.00 Å². The summed E-state index contributed by atoms with van der Waals surface area (Å²) in [7, 11) is 0. The quantitative estimate of drug-likeness (QED) is 0.917. The third-order valence-corrected chi connectivity index (χ3v) is 4.10. The standard InChI is InChI=1S/C16H20FN3O/c17-14-5-1-4-13(10-14)16(21)12-19-8-2-6-15(19)11-20-9-3-7-18-20/h1,3-5,7,9-10,15-16,21H,2,6,8,11-12H2/t15-,16+/m1/s1. The number of halogens is 1. The van der Waals surface area contributed by atoms with Gasteiger partial charge in [-0.2, -0.15) is 5.10 Å². The second-order valence-electron chi connectivity index (χ2n) is 5.59. The second-order valence-corrected chi connectivity index (χ2v) is 5.59. The Bertz CT molecular complexity index is 573. The molecule has 3 rings (SSSR count). The summed E-state index contributed by atoms with van der Waals surface area (Å²) in [5.74, 6) is -0.305. The van der Waals surface area contributed by atoms with E-state index in [1.54, 1.807) is 18.3 Å². The van der Waals surface area contributed by atoms with E-state index in [0.29, 0.717) is 18.2 Å². The Kier molecular flexibility index (Phi) is 4.31. The van der Waals surface area contributed by atoms with Crippen LogP contribution in [0, 0.1) is 5.82 Å². The van der Waals surface area contributed by atoms with Gasteiger partial charge in [-0.25, -0.2) is 4.39 Å². The Hall–Kier alpha value is -1.72. The molecule has 0 saturated carbocycles. The summed E-state index contributed by atoms with van der Waals surface area (Å²) >= 11 is 0. The van der Waals surface area contributed by atoms with E-state index < -0.39 is 6.10 Å². The fraction of sp³-hybridized carbons (Fsp3) is 0.438. The van der Waals surface area contributed by atoms with Gasteiger partial charge in [-0.1, -0.05) is 12.1 Å². The van der Waals surface area contributed by atoms with Gasteiger partial charge in [0.05, 0.1) is 12.6 Å². The zero-order valence-electron chi connectivity index (χ0n) is 11.9. The number of aliphatic hydroxyl groups is 1. The first kappa shape index (κ1) is 14.2. The van der Waals surface area contributed by atoms with Crippen molar-refractivity contribution in [1.29, 1.82) is 0 Å². The highest BCUT2D eigenvalue weighted by Crippen LogP contribution is 2.23. The molecule has 0 unspecified atom stereocenters. The summed E-state index contributed by atoms with van der Waals surface area (Å²) in [6, 6.07) is 8.51. The van der Waals surface area contributed by atoms with Crippen LogP contribution in [0.25, 0.3) is 0 Å². The smallest absolute Gasteiger partial charge is 0.123 e. The maximum Gasteiger partial charge on any atom is 0.123 e. The van der Waals surface area contributed by atoms with Crippen molar-refractivity contribution in [3.8, 4) is 0 Å². The number of β-amino-alcohol motifs (C(OH)–C–C–N with tert-alkyl or cyclic N) is 1. The molecule has 1 N–H and O–H groups in total. The molecular formula is C16H20FN3O. The van der Waals surface area contributed by atoms with Crippen molar-refractivity contribution in [2.24, 2.45) is 0 Å². The van der Waals surface area contributed by atoms with Crippen molar-refractivity contribution in [2.75, 3.05) is 13.1 Å². The Morgan fingerprint density at radius 1 is 1.38 bits per heavy atom. The Balaban J connectivity index is 1.63. The van der Waals surface area contributed by atoms with E-state index in [9.17, 15) is 9.50 Å². The predicted octanol–water partition coefficient (Wildman–Crippen LogP) is 2.22. The number of rotatable bonds is 5. The van der Waals surface area contributed by atoms with Crippen LogP contribution in [-0.2, 0) is 6.54 Å². The Morgan fingerprint density at radius 2 is 2.29 bits per heavy atom.